The maximum absolute atomic E-state index is 12.9. The molecular weight excluding hydrogens is 354 g/mol. The average Bonchev–Trinajstić information content (AvgIpc) is 3.27. The Bertz CT molecular complexity index is 770. The molecule has 2 saturated heterocycles. The maximum Gasteiger partial charge on any atom is 0.254 e. The lowest BCUT2D eigenvalue weighted by Crippen LogP contribution is -2.48. The molecule has 0 aliphatic carbocycles. The Kier molecular flexibility index (Phi) is 6.19. The molecule has 0 radical (unpaired) electrons. The summed E-state index contributed by atoms with van der Waals surface area (Å²) < 4.78 is 11.4. The Morgan fingerprint density at radius 2 is 2.04 bits per heavy atom. The first-order valence-electron chi connectivity index (χ1n) is 10.0. The quantitative estimate of drug-likeness (QED) is 0.770. The van der Waals surface area contributed by atoms with Crippen LogP contribution in [0.4, 0.5) is 0 Å². The smallest absolute Gasteiger partial charge is 0.254 e. The molecule has 1 unspecified atom stereocenters. The fourth-order valence-corrected chi connectivity index (χ4v) is 3.70. The second-order valence-corrected chi connectivity index (χ2v) is 7.36. The largest absolute Gasteiger partial charge is 0.491 e. The van der Waals surface area contributed by atoms with Gasteiger partial charge in [-0.25, -0.2) is 0 Å². The van der Waals surface area contributed by atoms with Crippen molar-refractivity contribution in [3.05, 3.63) is 59.9 Å². The van der Waals surface area contributed by atoms with Crippen LogP contribution in [0.15, 0.2) is 48.7 Å². The number of hydrogen-bond donors (Lipinski definition) is 0. The second-order valence-electron chi connectivity index (χ2n) is 7.36. The molecule has 6 nitrogen and oxygen atoms in total. The van der Waals surface area contributed by atoms with E-state index in [-0.39, 0.29) is 12.0 Å². The van der Waals surface area contributed by atoms with Gasteiger partial charge in [0.05, 0.1) is 11.8 Å². The monoisotopic (exact) mass is 381 g/mol. The summed E-state index contributed by atoms with van der Waals surface area (Å²) in [6, 6.07) is 13.5. The van der Waals surface area contributed by atoms with Crippen LogP contribution >= 0.6 is 0 Å². The van der Waals surface area contributed by atoms with Crippen LogP contribution in [-0.2, 0) is 11.3 Å². The van der Waals surface area contributed by atoms with Gasteiger partial charge < -0.3 is 14.4 Å². The summed E-state index contributed by atoms with van der Waals surface area (Å²) in [5.74, 6) is 0.801. The molecule has 0 N–H and O–H groups in total. The van der Waals surface area contributed by atoms with Gasteiger partial charge in [-0.15, -0.1) is 0 Å². The van der Waals surface area contributed by atoms with Crippen LogP contribution in [0.2, 0.25) is 0 Å². The van der Waals surface area contributed by atoms with Crippen molar-refractivity contribution in [3.63, 3.8) is 0 Å². The van der Waals surface area contributed by atoms with E-state index in [0.29, 0.717) is 12.2 Å². The van der Waals surface area contributed by atoms with Gasteiger partial charge in [0.15, 0.2) is 0 Å². The van der Waals surface area contributed by atoms with Gasteiger partial charge in [0.1, 0.15) is 12.4 Å². The maximum atomic E-state index is 12.9. The third-order valence-corrected chi connectivity index (χ3v) is 5.31. The van der Waals surface area contributed by atoms with Crippen molar-refractivity contribution in [1.29, 1.82) is 0 Å². The molecule has 6 heteroatoms. The highest BCUT2D eigenvalue weighted by molar-refractivity contribution is 5.94. The van der Waals surface area contributed by atoms with Crippen molar-refractivity contribution in [3.8, 4) is 5.75 Å². The van der Waals surface area contributed by atoms with Crippen LogP contribution in [0, 0.1) is 0 Å². The van der Waals surface area contributed by atoms with E-state index >= 15 is 0 Å². The highest BCUT2D eigenvalue weighted by atomic mass is 16.5. The molecule has 28 heavy (non-hydrogen) atoms. The van der Waals surface area contributed by atoms with Crippen molar-refractivity contribution in [1.82, 2.24) is 14.8 Å². The van der Waals surface area contributed by atoms with Crippen molar-refractivity contribution in [2.45, 2.75) is 25.5 Å². The number of piperazine rings is 1. The molecule has 148 valence electrons. The number of benzene rings is 1. The van der Waals surface area contributed by atoms with Crippen LogP contribution in [0.5, 0.6) is 5.75 Å². The van der Waals surface area contributed by atoms with E-state index in [1.807, 2.05) is 53.6 Å². The summed E-state index contributed by atoms with van der Waals surface area (Å²) in [5, 5.41) is 0. The zero-order chi connectivity index (χ0) is 19.2. The number of pyridine rings is 1. The van der Waals surface area contributed by atoms with Crippen LogP contribution in [0.25, 0.3) is 0 Å². The van der Waals surface area contributed by atoms with Gasteiger partial charge in [0.2, 0.25) is 0 Å². The molecule has 4 rings (SSSR count). The van der Waals surface area contributed by atoms with Crippen molar-refractivity contribution in [2.75, 3.05) is 39.4 Å². The summed E-state index contributed by atoms with van der Waals surface area (Å²) in [4.78, 5) is 21.5. The molecule has 1 amide bonds. The molecule has 1 aromatic carbocycles. The topological polar surface area (TPSA) is 54.9 Å². The minimum atomic E-state index is 0.0695. The first-order chi connectivity index (χ1) is 13.8. The summed E-state index contributed by atoms with van der Waals surface area (Å²) >= 11 is 0. The number of aromatic nitrogens is 1. The van der Waals surface area contributed by atoms with E-state index in [9.17, 15) is 4.79 Å². The molecule has 2 fully saturated rings. The normalized spacial score (nSPS) is 20.3. The van der Waals surface area contributed by atoms with Crippen LogP contribution in [0.3, 0.4) is 0 Å². The summed E-state index contributed by atoms with van der Waals surface area (Å²) in [5.41, 5.74) is 1.75. The van der Waals surface area contributed by atoms with Gasteiger partial charge >= 0.3 is 0 Å². The second kappa shape index (κ2) is 9.17. The minimum Gasteiger partial charge on any atom is -0.491 e. The Balaban J connectivity index is 1.29. The molecule has 0 spiro atoms. The number of amides is 1. The molecule has 2 aromatic rings. The van der Waals surface area contributed by atoms with Crippen LogP contribution in [-0.4, -0.2) is 66.2 Å². The Labute approximate surface area is 166 Å². The first kappa shape index (κ1) is 18.9. The number of rotatable bonds is 6. The minimum absolute atomic E-state index is 0.0695. The van der Waals surface area contributed by atoms with Gasteiger partial charge in [0, 0.05) is 51.1 Å². The highest BCUT2D eigenvalue weighted by Gasteiger charge is 2.23. The molecule has 1 aromatic heterocycles. The first-order valence-corrected chi connectivity index (χ1v) is 10.0. The Morgan fingerprint density at radius 3 is 2.79 bits per heavy atom. The van der Waals surface area contributed by atoms with E-state index < -0.39 is 0 Å². The molecular formula is C22H27N3O3. The molecule has 1 atom stereocenters. The van der Waals surface area contributed by atoms with Crippen molar-refractivity contribution < 1.29 is 14.3 Å². The average molecular weight is 381 g/mol. The molecule has 2 aliphatic heterocycles. The Hall–Kier alpha value is -2.44. The number of carbonyl (C=O) groups excluding carboxylic acids is 1. The fraction of sp³-hybridized carbons (Fsp3) is 0.455. The van der Waals surface area contributed by atoms with Gasteiger partial charge in [-0.1, -0.05) is 12.1 Å². The van der Waals surface area contributed by atoms with E-state index in [1.165, 1.54) is 0 Å². The van der Waals surface area contributed by atoms with Gasteiger partial charge in [0.25, 0.3) is 5.91 Å². The lowest BCUT2D eigenvalue weighted by molar-refractivity contribution is 0.0623. The summed E-state index contributed by atoms with van der Waals surface area (Å²) in [6.45, 7) is 5.37. The number of ether oxygens (including phenoxy) is 2. The van der Waals surface area contributed by atoms with Crippen LogP contribution < -0.4 is 4.74 Å². The zero-order valence-corrected chi connectivity index (χ0v) is 16.1. The van der Waals surface area contributed by atoms with Gasteiger partial charge in [-0.2, -0.15) is 0 Å². The number of nitrogens with zero attached hydrogens (tertiary/aromatic N) is 3. The van der Waals surface area contributed by atoms with E-state index in [1.54, 1.807) is 0 Å². The summed E-state index contributed by atoms with van der Waals surface area (Å²) in [7, 11) is 0. The standard InChI is InChI=1S/C22H27N3O3/c26-22(18-5-3-7-20(15-18)28-17-21-8-4-14-27-21)25-12-10-24(11-13-25)16-19-6-1-2-9-23-19/h1-3,5-7,9,15,21H,4,8,10-14,16-17H2. The third kappa shape index (κ3) is 4.88. The zero-order valence-electron chi connectivity index (χ0n) is 16.1. The number of carbonyl (C=O) groups is 1. The third-order valence-electron chi connectivity index (χ3n) is 5.31. The molecule has 2 aliphatic rings. The predicted molar refractivity (Wildman–Crippen MR) is 106 cm³/mol. The van der Waals surface area contributed by atoms with Crippen LogP contribution in [0.1, 0.15) is 28.9 Å². The van der Waals surface area contributed by atoms with Crippen molar-refractivity contribution in [2.24, 2.45) is 0 Å². The number of hydrogen-bond acceptors (Lipinski definition) is 5. The van der Waals surface area contributed by atoms with Gasteiger partial charge in [-0.05, 0) is 43.2 Å². The molecule has 3 heterocycles. The van der Waals surface area contributed by atoms with Crippen molar-refractivity contribution >= 4 is 5.91 Å². The van der Waals surface area contributed by atoms with Gasteiger partial charge in [-0.3, -0.25) is 14.7 Å². The Morgan fingerprint density at radius 1 is 1.14 bits per heavy atom. The lowest BCUT2D eigenvalue weighted by Gasteiger charge is -2.34. The highest BCUT2D eigenvalue weighted by Crippen LogP contribution is 2.19. The molecule has 0 bridgehead atoms. The fourth-order valence-electron chi connectivity index (χ4n) is 3.70. The lowest BCUT2D eigenvalue weighted by atomic mass is 10.1. The van der Waals surface area contributed by atoms with E-state index in [4.69, 9.17) is 9.47 Å². The molecule has 0 saturated carbocycles. The SMILES string of the molecule is O=C(c1cccc(OCC2CCCO2)c1)N1CCN(Cc2ccccn2)CC1. The van der Waals surface area contributed by atoms with E-state index in [2.05, 4.69) is 9.88 Å². The van der Waals surface area contributed by atoms with E-state index in [0.717, 1.165) is 63.6 Å². The predicted octanol–water partition coefficient (Wildman–Crippen LogP) is 2.60. The summed E-state index contributed by atoms with van der Waals surface area (Å²) in [6.07, 6.45) is 4.13.